The zero-order valence-corrected chi connectivity index (χ0v) is 29.0. The van der Waals surface area contributed by atoms with Crippen LogP contribution in [-0.4, -0.2) is 43.9 Å². The third-order valence-corrected chi connectivity index (χ3v) is 8.15. The van der Waals surface area contributed by atoms with Gasteiger partial charge in [0, 0.05) is 32.3 Å². The molecule has 0 bridgehead atoms. The van der Waals surface area contributed by atoms with Crippen LogP contribution in [0.5, 0.6) is 0 Å². The van der Waals surface area contributed by atoms with E-state index >= 15 is 0 Å². The average Bonchev–Trinajstić information content (AvgIpc) is 3.11. The summed E-state index contributed by atoms with van der Waals surface area (Å²) in [6.45, 7) is 0.266. The van der Waals surface area contributed by atoms with Crippen LogP contribution in [0.2, 0.25) is 10.0 Å². The molecular formula is C35H25Cl2IN6O5. The number of aliphatic hydroxyl groups excluding tert-OH is 1. The summed E-state index contributed by atoms with van der Waals surface area (Å²) in [4.78, 5) is 49.5. The van der Waals surface area contributed by atoms with Crippen molar-refractivity contribution >= 4 is 79.4 Å². The predicted molar refractivity (Wildman–Crippen MR) is 197 cm³/mol. The zero-order chi connectivity index (χ0) is 34.9. The van der Waals surface area contributed by atoms with Crippen LogP contribution in [0.4, 0.5) is 0 Å². The van der Waals surface area contributed by atoms with E-state index in [0.29, 0.717) is 44.0 Å². The number of H-pyrrole nitrogens is 2. The van der Waals surface area contributed by atoms with Crippen molar-refractivity contribution in [3.63, 3.8) is 0 Å². The standard InChI is InChI=1S/C19H14ClN3O3.C16H11ClIN3O2/c20-14-6-3-13(4-7-14)11-21-19(26)17-18(25)15-10-12(2-1-9-24)5-8-16(15)22-23-17;17-10-3-1-9(2-4-10)8-19-16(23)14-15(22)12-7-11(18)5-6-13(12)20-21-14/h3-8,10,24H,9,11H2,(H,21,26)(H,22,25);1-7H,8H2,(H,19,23)(H,20,22). The highest BCUT2D eigenvalue weighted by molar-refractivity contribution is 14.1. The smallest absolute Gasteiger partial charge is 0.276 e. The van der Waals surface area contributed by atoms with Crippen LogP contribution in [0.3, 0.4) is 0 Å². The number of carbonyl (C=O) groups excluding carboxylic acids is 2. The molecule has 0 fully saturated rings. The minimum absolute atomic E-state index is 0.145. The van der Waals surface area contributed by atoms with Gasteiger partial charge in [0.2, 0.25) is 10.9 Å². The molecule has 0 unspecified atom stereocenters. The zero-order valence-electron chi connectivity index (χ0n) is 25.3. The second kappa shape index (κ2) is 16.4. The van der Waals surface area contributed by atoms with Crippen LogP contribution in [-0.2, 0) is 13.1 Å². The Morgan fingerprint density at radius 2 is 1.18 bits per heavy atom. The number of nitrogens with one attached hydrogen (secondary N) is 4. The van der Waals surface area contributed by atoms with E-state index < -0.39 is 17.2 Å². The van der Waals surface area contributed by atoms with Gasteiger partial charge in [-0.05, 0) is 94.4 Å². The largest absolute Gasteiger partial charge is 0.384 e. The molecule has 0 radical (unpaired) electrons. The van der Waals surface area contributed by atoms with Crippen LogP contribution in [0.25, 0.3) is 21.8 Å². The number of halogens is 3. The maximum Gasteiger partial charge on any atom is 0.276 e. The van der Waals surface area contributed by atoms with Gasteiger partial charge in [-0.25, -0.2) is 0 Å². The van der Waals surface area contributed by atoms with Crippen LogP contribution < -0.4 is 21.5 Å². The molecule has 0 aliphatic rings. The van der Waals surface area contributed by atoms with Gasteiger partial charge in [-0.1, -0.05) is 59.3 Å². The van der Waals surface area contributed by atoms with Gasteiger partial charge in [-0.15, -0.1) is 0 Å². The number of carbonyl (C=O) groups is 2. The molecule has 11 nitrogen and oxygen atoms in total. The lowest BCUT2D eigenvalue weighted by Gasteiger charge is -2.06. The highest BCUT2D eigenvalue weighted by Gasteiger charge is 2.16. The minimum Gasteiger partial charge on any atom is -0.384 e. The van der Waals surface area contributed by atoms with E-state index in [4.69, 9.17) is 28.3 Å². The summed E-state index contributed by atoms with van der Waals surface area (Å²) in [5, 5.41) is 29.3. The van der Waals surface area contributed by atoms with Crippen molar-refractivity contribution in [3.05, 3.63) is 147 Å². The van der Waals surface area contributed by atoms with E-state index in [-0.39, 0.29) is 30.0 Å². The summed E-state index contributed by atoms with van der Waals surface area (Å²) in [5.74, 6) is 4.16. The van der Waals surface area contributed by atoms with Gasteiger partial charge >= 0.3 is 0 Å². The molecule has 4 aromatic carbocycles. The fraction of sp³-hybridized carbons (Fsp3) is 0.0857. The molecular weight excluding hydrogens is 782 g/mol. The number of hydrogen-bond acceptors (Lipinski definition) is 7. The summed E-state index contributed by atoms with van der Waals surface area (Å²) in [5.41, 5.74) is 2.16. The normalized spacial score (nSPS) is 10.4. The summed E-state index contributed by atoms with van der Waals surface area (Å²) >= 11 is 13.8. The molecule has 0 aliphatic carbocycles. The van der Waals surface area contributed by atoms with E-state index in [2.05, 4.69) is 65.5 Å². The van der Waals surface area contributed by atoms with Gasteiger partial charge in [0.1, 0.15) is 6.61 Å². The number of hydrogen-bond donors (Lipinski definition) is 5. The van der Waals surface area contributed by atoms with Crippen molar-refractivity contribution in [2.75, 3.05) is 6.61 Å². The van der Waals surface area contributed by atoms with E-state index in [9.17, 15) is 19.2 Å². The molecule has 0 aliphatic heterocycles. The maximum absolute atomic E-state index is 12.6. The first-order valence-corrected chi connectivity index (χ1v) is 16.3. The molecule has 2 heterocycles. The Labute approximate surface area is 302 Å². The molecule has 6 rings (SSSR count). The first-order chi connectivity index (χ1) is 23.6. The molecule has 14 heteroatoms. The van der Waals surface area contributed by atoms with E-state index in [0.717, 1.165) is 14.7 Å². The molecule has 0 saturated carbocycles. The fourth-order valence-electron chi connectivity index (χ4n) is 4.48. The van der Waals surface area contributed by atoms with Crippen LogP contribution in [0.15, 0.2) is 94.5 Å². The molecule has 5 N–H and O–H groups in total. The Bertz CT molecular complexity index is 2350. The van der Waals surface area contributed by atoms with Gasteiger partial charge in [0.05, 0.1) is 21.8 Å². The Kier molecular flexibility index (Phi) is 11.8. The predicted octanol–water partition coefficient (Wildman–Crippen LogP) is 4.96. The number of benzene rings is 4. The number of nitrogens with zero attached hydrogens (tertiary/aromatic N) is 2. The second-order valence-electron chi connectivity index (χ2n) is 10.3. The Morgan fingerprint density at radius 1 is 0.714 bits per heavy atom. The molecule has 0 atom stereocenters. The topological polar surface area (TPSA) is 170 Å². The van der Waals surface area contributed by atoms with Crippen molar-refractivity contribution in [1.29, 1.82) is 0 Å². The van der Waals surface area contributed by atoms with Gasteiger partial charge in [0.25, 0.3) is 11.8 Å². The molecule has 0 spiro atoms. The van der Waals surface area contributed by atoms with Crippen molar-refractivity contribution in [1.82, 2.24) is 31.0 Å². The lowest BCUT2D eigenvalue weighted by Crippen LogP contribution is -2.30. The van der Waals surface area contributed by atoms with Crippen molar-refractivity contribution in [2.24, 2.45) is 0 Å². The van der Waals surface area contributed by atoms with Gasteiger partial charge in [-0.2, -0.15) is 10.2 Å². The molecule has 49 heavy (non-hydrogen) atoms. The number of amides is 2. The van der Waals surface area contributed by atoms with Crippen LogP contribution >= 0.6 is 45.8 Å². The van der Waals surface area contributed by atoms with Gasteiger partial charge in [0.15, 0.2) is 11.4 Å². The Morgan fingerprint density at radius 3 is 1.67 bits per heavy atom. The molecule has 0 saturated heterocycles. The van der Waals surface area contributed by atoms with E-state index in [1.807, 2.05) is 18.2 Å². The lowest BCUT2D eigenvalue weighted by atomic mass is 10.1. The molecule has 2 aromatic heterocycles. The van der Waals surface area contributed by atoms with Crippen molar-refractivity contribution in [2.45, 2.75) is 13.1 Å². The lowest BCUT2D eigenvalue weighted by molar-refractivity contribution is 0.0936. The van der Waals surface area contributed by atoms with Crippen LogP contribution in [0, 0.1) is 15.4 Å². The monoisotopic (exact) mass is 806 g/mol. The second-order valence-corrected chi connectivity index (χ2v) is 12.4. The van der Waals surface area contributed by atoms with Gasteiger partial charge < -0.3 is 15.7 Å². The SMILES string of the molecule is O=C(NCc1ccc(Cl)cc1)c1n[nH]c2ccc(C#CCO)cc2c1=O.O=C(NCc1ccc(Cl)cc1)c1n[nH]c2ccc(I)cc2c1=O. The highest BCUT2D eigenvalue weighted by atomic mass is 127. The van der Waals surface area contributed by atoms with Gasteiger partial charge in [-0.3, -0.25) is 29.4 Å². The summed E-state index contributed by atoms with van der Waals surface area (Å²) in [6.07, 6.45) is 0. The van der Waals surface area contributed by atoms with E-state index in [1.54, 1.807) is 66.7 Å². The summed E-state index contributed by atoms with van der Waals surface area (Å²) in [6, 6.07) is 24.4. The average molecular weight is 807 g/mol. The van der Waals surface area contributed by atoms with Crippen molar-refractivity contribution in [3.8, 4) is 11.8 Å². The summed E-state index contributed by atoms with van der Waals surface area (Å²) in [7, 11) is 0. The van der Waals surface area contributed by atoms with Crippen LogP contribution in [0.1, 0.15) is 37.7 Å². The number of fused-ring (bicyclic) bond motifs is 2. The quantitative estimate of drug-likeness (QED) is 0.117. The Hall–Kier alpha value is -5.07. The minimum atomic E-state index is -0.574. The third kappa shape index (κ3) is 9.09. The molecule has 6 aromatic rings. The first-order valence-electron chi connectivity index (χ1n) is 14.5. The third-order valence-electron chi connectivity index (χ3n) is 6.97. The Balaban J connectivity index is 0.000000192. The van der Waals surface area contributed by atoms with E-state index in [1.165, 1.54) is 0 Å². The first kappa shape index (κ1) is 35.2. The molecule has 246 valence electrons. The highest BCUT2D eigenvalue weighted by Crippen LogP contribution is 2.13. The number of aromatic amines is 2. The van der Waals surface area contributed by atoms with Crippen molar-refractivity contribution < 1.29 is 14.7 Å². The fourth-order valence-corrected chi connectivity index (χ4v) is 5.23. The number of aromatic nitrogens is 4. The number of rotatable bonds is 6. The maximum atomic E-state index is 12.6. The molecule has 2 amide bonds. The number of aliphatic hydroxyl groups is 1. The summed E-state index contributed by atoms with van der Waals surface area (Å²) < 4.78 is 0.916.